The second-order valence-electron chi connectivity index (χ2n) is 2.96. The Morgan fingerprint density at radius 3 is 2.80 bits per heavy atom. The molecule has 1 aromatic heterocycles. The Hall–Kier alpha value is -0.610. The van der Waals surface area contributed by atoms with Crippen LogP contribution in [0, 0.1) is 0 Å². The number of thiazole rings is 1. The summed E-state index contributed by atoms with van der Waals surface area (Å²) in [5.41, 5.74) is 9.15. The zero-order chi connectivity index (χ0) is 10.8. The summed E-state index contributed by atoms with van der Waals surface area (Å²) < 4.78 is 0. The van der Waals surface area contributed by atoms with Crippen molar-refractivity contribution in [2.75, 3.05) is 0 Å². The first kappa shape index (κ1) is 10.9. The molecule has 0 amide bonds. The molecule has 2 aromatic rings. The number of nitrogens with two attached hydrogens (primary N) is 1. The monoisotopic (exact) mass is 258 g/mol. The molecule has 2 nitrogen and oxygen atoms in total. The number of nitrogens with zero attached hydrogens (tertiary/aromatic N) is 1. The lowest BCUT2D eigenvalue weighted by Crippen LogP contribution is -1.97. The van der Waals surface area contributed by atoms with Crippen molar-refractivity contribution in [3.8, 4) is 10.4 Å². The van der Waals surface area contributed by atoms with Crippen molar-refractivity contribution in [3.63, 3.8) is 0 Å². The SMILES string of the molecule is NCc1ncsc1-c1ccc(Cl)cc1Cl. The van der Waals surface area contributed by atoms with Crippen LogP contribution in [0.1, 0.15) is 5.69 Å². The third-order valence-electron chi connectivity index (χ3n) is 2.01. The zero-order valence-corrected chi connectivity index (χ0v) is 10.0. The van der Waals surface area contributed by atoms with Gasteiger partial charge >= 0.3 is 0 Å². The molecule has 2 rings (SSSR count). The molecule has 1 heterocycles. The van der Waals surface area contributed by atoms with Gasteiger partial charge in [0.2, 0.25) is 0 Å². The molecule has 0 atom stereocenters. The van der Waals surface area contributed by atoms with Crippen LogP contribution in [0.15, 0.2) is 23.7 Å². The molecule has 78 valence electrons. The summed E-state index contributed by atoms with van der Waals surface area (Å²) in [7, 11) is 0. The van der Waals surface area contributed by atoms with Gasteiger partial charge in [-0.05, 0) is 12.1 Å². The van der Waals surface area contributed by atoms with Crippen LogP contribution in [-0.4, -0.2) is 4.98 Å². The summed E-state index contributed by atoms with van der Waals surface area (Å²) in [4.78, 5) is 5.19. The highest BCUT2D eigenvalue weighted by atomic mass is 35.5. The van der Waals surface area contributed by atoms with Crippen LogP contribution in [0.4, 0.5) is 0 Å². The van der Waals surface area contributed by atoms with Gasteiger partial charge in [0.15, 0.2) is 0 Å². The van der Waals surface area contributed by atoms with Crippen LogP contribution in [0.25, 0.3) is 10.4 Å². The second-order valence-corrected chi connectivity index (χ2v) is 4.65. The molecule has 0 spiro atoms. The van der Waals surface area contributed by atoms with Gasteiger partial charge in [-0.1, -0.05) is 29.3 Å². The Morgan fingerprint density at radius 1 is 1.33 bits per heavy atom. The van der Waals surface area contributed by atoms with Crippen LogP contribution in [0.5, 0.6) is 0 Å². The van der Waals surface area contributed by atoms with Crippen molar-refractivity contribution in [2.24, 2.45) is 5.73 Å². The smallest absolute Gasteiger partial charge is 0.0802 e. The highest BCUT2D eigenvalue weighted by Crippen LogP contribution is 2.34. The summed E-state index contributed by atoms with van der Waals surface area (Å²) in [5.74, 6) is 0. The largest absolute Gasteiger partial charge is 0.325 e. The van der Waals surface area contributed by atoms with Crippen molar-refractivity contribution in [3.05, 3.63) is 39.4 Å². The van der Waals surface area contributed by atoms with Gasteiger partial charge in [-0.2, -0.15) is 0 Å². The number of aromatic nitrogens is 1. The third kappa shape index (κ3) is 2.16. The Labute approximate surface area is 102 Å². The molecule has 0 saturated carbocycles. The average Bonchev–Trinajstić information content (AvgIpc) is 2.65. The second kappa shape index (κ2) is 4.49. The quantitative estimate of drug-likeness (QED) is 0.895. The van der Waals surface area contributed by atoms with E-state index in [1.54, 1.807) is 11.6 Å². The molecule has 5 heteroatoms. The van der Waals surface area contributed by atoms with Gasteiger partial charge < -0.3 is 5.73 Å². The Morgan fingerprint density at radius 2 is 2.13 bits per heavy atom. The molecule has 2 N–H and O–H groups in total. The van der Waals surface area contributed by atoms with Gasteiger partial charge in [0.25, 0.3) is 0 Å². The molecule has 0 fully saturated rings. The maximum absolute atomic E-state index is 6.10. The summed E-state index contributed by atoms with van der Waals surface area (Å²) in [6.45, 7) is 0.414. The summed E-state index contributed by atoms with van der Waals surface area (Å²) >= 11 is 13.5. The highest BCUT2D eigenvalue weighted by molar-refractivity contribution is 7.13. The minimum absolute atomic E-state index is 0.414. The minimum atomic E-state index is 0.414. The normalized spacial score (nSPS) is 10.6. The summed E-state index contributed by atoms with van der Waals surface area (Å²) in [5, 5.41) is 1.25. The van der Waals surface area contributed by atoms with Crippen molar-refractivity contribution >= 4 is 34.5 Å². The van der Waals surface area contributed by atoms with Crippen molar-refractivity contribution < 1.29 is 0 Å². The van der Waals surface area contributed by atoms with E-state index in [-0.39, 0.29) is 0 Å². The van der Waals surface area contributed by atoms with Crippen LogP contribution in [0.3, 0.4) is 0 Å². The van der Waals surface area contributed by atoms with E-state index >= 15 is 0 Å². The van der Waals surface area contributed by atoms with Crippen LogP contribution >= 0.6 is 34.5 Å². The summed E-state index contributed by atoms with van der Waals surface area (Å²) in [6.07, 6.45) is 0. The molecule has 1 aromatic carbocycles. The standard InChI is InChI=1S/C10H8Cl2N2S/c11-6-1-2-7(8(12)3-6)10-9(4-13)14-5-15-10/h1-3,5H,4,13H2. The molecule has 0 unspecified atom stereocenters. The molecule has 0 aliphatic carbocycles. The van der Waals surface area contributed by atoms with Crippen LogP contribution in [0.2, 0.25) is 10.0 Å². The molecule has 0 bridgehead atoms. The first-order valence-electron chi connectivity index (χ1n) is 4.30. The van der Waals surface area contributed by atoms with E-state index in [1.165, 1.54) is 11.3 Å². The first-order chi connectivity index (χ1) is 7.22. The van der Waals surface area contributed by atoms with E-state index < -0.39 is 0 Å². The van der Waals surface area contributed by atoms with Gasteiger partial charge in [-0.25, -0.2) is 4.98 Å². The lowest BCUT2D eigenvalue weighted by molar-refractivity contribution is 1.01. The predicted molar refractivity (Wildman–Crippen MR) is 65.5 cm³/mol. The van der Waals surface area contributed by atoms with Crippen molar-refractivity contribution in [2.45, 2.75) is 6.54 Å². The Balaban J connectivity index is 2.54. The molecule has 0 saturated heterocycles. The maximum atomic E-state index is 6.10. The van der Waals surface area contributed by atoms with Crippen molar-refractivity contribution in [1.82, 2.24) is 4.98 Å². The van der Waals surface area contributed by atoms with Crippen LogP contribution in [-0.2, 0) is 6.54 Å². The predicted octanol–water partition coefficient (Wildman–Crippen LogP) is 3.58. The Bertz CT molecular complexity index is 482. The van der Waals surface area contributed by atoms with E-state index in [0.29, 0.717) is 16.6 Å². The lowest BCUT2D eigenvalue weighted by Gasteiger charge is -2.03. The fraction of sp³-hybridized carbons (Fsp3) is 0.100. The first-order valence-corrected chi connectivity index (χ1v) is 5.94. The van der Waals surface area contributed by atoms with Crippen LogP contribution < -0.4 is 5.73 Å². The fourth-order valence-corrected chi connectivity index (χ4v) is 2.73. The number of benzene rings is 1. The molecule has 0 aliphatic heterocycles. The van der Waals surface area contributed by atoms with E-state index in [1.807, 2.05) is 12.1 Å². The zero-order valence-electron chi connectivity index (χ0n) is 7.71. The molecular formula is C10H8Cl2N2S. The van der Waals surface area contributed by atoms with Gasteiger partial charge in [-0.3, -0.25) is 0 Å². The Kier molecular flexibility index (Phi) is 3.26. The van der Waals surface area contributed by atoms with Gasteiger partial charge in [0, 0.05) is 17.1 Å². The van der Waals surface area contributed by atoms with Gasteiger partial charge in [-0.15, -0.1) is 11.3 Å². The highest BCUT2D eigenvalue weighted by Gasteiger charge is 2.10. The lowest BCUT2D eigenvalue weighted by atomic mass is 10.1. The summed E-state index contributed by atoms with van der Waals surface area (Å²) in [6, 6.07) is 5.42. The third-order valence-corrected chi connectivity index (χ3v) is 3.46. The van der Waals surface area contributed by atoms with E-state index in [0.717, 1.165) is 16.1 Å². The number of rotatable bonds is 2. The number of halogens is 2. The van der Waals surface area contributed by atoms with E-state index in [2.05, 4.69) is 4.98 Å². The topological polar surface area (TPSA) is 38.9 Å². The van der Waals surface area contributed by atoms with Gasteiger partial charge in [0.05, 0.1) is 21.1 Å². The average molecular weight is 259 g/mol. The molecule has 0 aliphatic rings. The molecular weight excluding hydrogens is 251 g/mol. The molecule has 15 heavy (non-hydrogen) atoms. The fourth-order valence-electron chi connectivity index (χ4n) is 1.31. The molecule has 0 radical (unpaired) electrons. The van der Waals surface area contributed by atoms with Gasteiger partial charge in [0.1, 0.15) is 0 Å². The number of hydrogen-bond donors (Lipinski definition) is 1. The minimum Gasteiger partial charge on any atom is -0.325 e. The number of hydrogen-bond acceptors (Lipinski definition) is 3. The van der Waals surface area contributed by atoms with E-state index in [9.17, 15) is 0 Å². The maximum Gasteiger partial charge on any atom is 0.0802 e. The van der Waals surface area contributed by atoms with Crippen molar-refractivity contribution in [1.29, 1.82) is 0 Å². The van der Waals surface area contributed by atoms with E-state index in [4.69, 9.17) is 28.9 Å².